The zero-order valence-electron chi connectivity index (χ0n) is 12.9. The fourth-order valence-corrected chi connectivity index (χ4v) is 4.83. The number of aryl methyl sites for hydroxylation is 1. The van der Waals surface area contributed by atoms with Gasteiger partial charge in [-0.25, -0.2) is 9.97 Å². The predicted octanol–water partition coefficient (Wildman–Crippen LogP) is 4.74. The third-order valence-electron chi connectivity index (χ3n) is 4.81. The van der Waals surface area contributed by atoms with Crippen molar-refractivity contribution in [2.24, 2.45) is 7.05 Å². The van der Waals surface area contributed by atoms with Crippen LogP contribution in [-0.2, 0) is 7.05 Å². The Bertz CT molecular complexity index is 1420. The van der Waals surface area contributed by atoms with Crippen LogP contribution in [0.1, 0.15) is 0 Å². The summed E-state index contributed by atoms with van der Waals surface area (Å²) in [5.41, 5.74) is 4.60. The van der Waals surface area contributed by atoms with Crippen LogP contribution >= 0.6 is 11.3 Å². The van der Waals surface area contributed by atoms with E-state index in [0.717, 1.165) is 21.6 Å². The van der Waals surface area contributed by atoms with Gasteiger partial charge in [-0.1, -0.05) is 18.2 Å². The van der Waals surface area contributed by atoms with Gasteiger partial charge in [-0.2, -0.15) is 0 Å². The van der Waals surface area contributed by atoms with Gasteiger partial charge in [0.15, 0.2) is 0 Å². The molecular formula is C19H12N4S. The number of aromatic nitrogens is 4. The van der Waals surface area contributed by atoms with Crippen molar-refractivity contribution in [1.82, 2.24) is 18.9 Å². The minimum atomic E-state index is 0.976. The molecule has 0 saturated heterocycles. The Morgan fingerprint density at radius 1 is 0.875 bits per heavy atom. The van der Waals surface area contributed by atoms with Crippen molar-refractivity contribution in [1.29, 1.82) is 0 Å². The van der Waals surface area contributed by atoms with Crippen LogP contribution in [-0.4, -0.2) is 18.9 Å². The molecule has 4 aromatic heterocycles. The first-order valence-electron chi connectivity index (χ1n) is 7.85. The average molecular weight is 328 g/mol. The quantitative estimate of drug-likeness (QED) is 0.403. The summed E-state index contributed by atoms with van der Waals surface area (Å²) in [6.07, 6.45) is 1.85. The van der Waals surface area contributed by atoms with Gasteiger partial charge in [0.1, 0.15) is 10.3 Å². The molecule has 4 nitrogen and oxygen atoms in total. The smallest absolute Gasteiger partial charge is 0.215 e. The second-order valence-corrected chi connectivity index (χ2v) is 7.06. The largest absolute Gasteiger partial charge is 0.313 e. The first kappa shape index (κ1) is 12.5. The maximum atomic E-state index is 4.98. The molecule has 2 aromatic carbocycles. The van der Waals surface area contributed by atoms with Gasteiger partial charge in [-0.05, 0) is 30.3 Å². The number of hydrogen-bond donors (Lipinski definition) is 0. The highest BCUT2D eigenvalue weighted by Gasteiger charge is 2.17. The number of fused-ring (bicyclic) bond motifs is 9. The molecule has 6 rings (SSSR count). The van der Waals surface area contributed by atoms with Crippen LogP contribution in [0.3, 0.4) is 0 Å². The molecule has 114 valence electrons. The zero-order valence-corrected chi connectivity index (χ0v) is 13.7. The molecule has 0 spiro atoms. The van der Waals surface area contributed by atoms with E-state index in [0.29, 0.717) is 0 Å². The average Bonchev–Trinajstić information content (AvgIpc) is 3.26. The van der Waals surface area contributed by atoms with Crippen LogP contribution in [0.2, 0.25) is 0 Å². The van der Waals surface area contributed by atoms with E-state index in [1.807, 2.05) is 12.3 Å². The predicted molar refractivity (Wildman–Crippen MR) is 99.9 cm³/mol. The molecule has 0 aliphatic rings. The van der Waals surface area contributed by atoms with E-state index >= 15 is 0 Å². The number of rotatable bonds is 0. The Morgan fingerprint density at radius 2 is 1.75 bits per heavy atom. The first-order chi connectivity index (χ1) is 11.8. The molecule has 24 heavy (non-hydrogen) atoms. The normalized spacial score (nSPS) is 12.4. The Kier molecular flexibility index (Phi) is 2.15. The molecular weight excluding hydrogens is 316 g/mol. The first-order valence-corrected chi connectivity index (χ1v) is 8.66. The number of hydrogen-bond acceptors (Lipinski definition) is 3. The lowest BCUT2D eigenvalue weighted by Gasteiger charge is -1.96. The molecule has 4 heterocycles. The lowest BCUT2D eigenvalue weighted by atomic mass is 10.2. The third kappa shape index (κ3) is 1.35. The summed E-state index contributed by atoms with van der Waals surface area (Å²) in [7, 11) is 2.08. The van der Waals surface area contributed by atoms with Crippen molar-refractivity contribution >= 4 is 59.5 Å². The second kappa shape index (κ2) is 4.13. The number of nitrogens with zero attached hydrogens (tertiary/aromatic N) is 4. The summed E-state index contributed by atoms with van der Waals surface area (Å²) in [5, 5.41) is 2.45. The van der Waals surface area contributed by atoms with E-state index in [2.05, 4.69) is 63.5 Å². The zero-order chi connectivity index (χ0) is 15.8. The molecule has 0 bridgehead atoms. The fraction of sp³-hybridized carbons (Fsp3) is 0.0526. The van der Waals surface area contributed by atoms with Crippen LogP contribution in [0.4, 0.5) is 0 Å². The van der Waals surface area contributed by atoms with Crippen molar-refractivity contribution in [2.75, 3.05) is 0 Å². The van der Waals surface area contributed by atoms with E-state index in [1.54, 1.807) is 11.3 Å². The van der Waals surface area contributed by atoms with Crippen LogP contribution in [0, 0.1) is 0 Å². The SMILES string of the molecule is Cn1c2ccccc2n2c3ccc4c5cccnc5sc4c3nc12. The number of pyridine rings is 1. The van der Waals surface area contributed by atoms with Gasteiger partial charge in [0.2, 0.25) is 5.78 Å². The number of imidazole rings is 2. The topological polar surface area (TPSA) is 35.1 Å². The highest BCUT2D eigenvalue weighted by molar-refractivity contribution is 7.26. The summed E-state index contributed by atoms with van der Waals surface area (Å²) in [6.45, 7) is 0. The molecule has 0 atom stereocenters. The van der Waals surface area contributed by atoms with Gasteiger partial charge in [0.05, 0.1) is 21.3 Å². The summed E-state index contributed by atoms with van der Waals surface area (Å²) in [5.74, 6) is 0.976. The highest BCUT2D eigenvalue weighted by atomic mass is 32.1. The molecule has 0 N–H and O–H groups in total. The van der Waals surface area contributed by atoms with E-state index in [4.69, 9.17) is 4.98 Å². The van der Waals surface area contributed by atoms with E-state index in [1.165, 1.54) is 26.5 Å². The van der Waals surface area contributed by atoms with Gasteiger partial charge >= 0.3 is 0 Å². The van der Waals surface area contributed by atoms with Crippen LogP contribution in [0.15, 0.2) is 54.7 Å². The maximum Gasteiger partial charge on any atom is 0.215 e. The lowest BCUT2D eigenvalue weighted by Crippen LogP contribution is -1.87. The van der Waals surface area contributed by atoms with Crippen molar-refractivity contribution in [2.45, 2.75) is 0 Å². The number of para-hydroxylation sites is 2. The minimum absolute atomic E-state index is 0.976. The molecule has 0 saturated carbocycles. The summed E-state index contributed by atoms with van der Waals surface area (Å²) in [6, 6.07) is 17.0. The summed E-state index contributed by atoms with van der Waals surface area (Å²) >= 11 is 1.72. The monoisotopic (exact) mass is 328 g/mol. The van der Waals surface area contributed by atoms with Crippen molar-refractivity contribution in [3.05, 3.63) is 54.7 Å². The minimum Gasteiger partial charge on any atom is -0.313 e. The van der Waals surface area contributed by atoms with E-state index in [-0.39, 0.29) is 0 Å². The Morgan fingerprint density at radius 3 is 2.67 bits per heavy atom. The summed E-state index contributed by atoms with van der Waals surface area (Å²) in [4.78, 5) is 10.6. The highest BCUT2D eigenvalue weighted by Crippen LogP contribution is 2.38. The van der Waals surface area contributed by atoms with Gasteiger partial charge in [0.25, 0.3) is 0 Å². The van der Waals surface area contributed by atoms with E-state index in [9.17, 15) is 0 Å². The van der Waals surface area contributed by atoms with Crippen LogP contribution in [0.25, 0.3) is 48.1 Å². The summed E-state index contributed by atoms with van der Waals surface area (Å²) < 4.78 is 5.63. The molecule has 0 amide bonds. The number of benzene rings is 2. The Labute approximate surface area is 140 Å². The standard InChI is InChI=1S/C19H12N4S/c1-22-13-6-2-3-7-14(13)23-15-9-8-11-12-5-4-10-20-18(12)24-17(11)16(15)21-19(22)23/h2-10H,1H3. The van der Waals surface area contributed by atoms with Gasteiger partial charge in [-0.3, -0.25) is 4.40 Å². The fourth-order valence-electron chi connectivity index (χ4n) is 3.70. The van der Waals surface area contributed by atoms with Crippen molar-refractivity contribution < 1.29 is 0 Å². The van der Waals surface area contributed by atoms with Gasteiger partial charge in [0, 0.05) is 24.0 Å². The van der Waals surface area contributed by atoms with E-state index < -0.39 is 0 Å². The second-order valence-electron chi connectivity index (χ2n) is 6.06. The van der Waals surface area contributed by atoms with Gasteiger partial charge < -0.3 is 4.57 Å². The van der Waals surface area contributed by atoms with Crippen molar-refractivity contribution in [3.8, 4) is 0 Å². The third-order valence-corrected chi connectivity index (χ3v) is 5.94. The maximum absolute atomic E-state index is 4.98. The Hall–Kier alpha value is -2.92. The molecule has 0 fully saturated rings. The van der Waals surface area contributed by atoms with Gasteiger partial charge in [-0.15, -0.1) is 11.3 Å². The molecule has 0 unspecified atom stereocenters. The molecule has 0 aliphatic heterocycles. The van der Waals surface area contributed by atoms with Crippen LogP contribution in [0.5, 0.6) is 0 Å². The van der Waals surface area contributed by atoms with Crippen LogP contribution < -0.4 is 0 Å². The molecule has 0 aliphatic carbocycles. The van der Waals surface area contributed by atoms with Crippen molar-refractivity contribution in [3.63, 3.8) is 0 Å². The number of thiophene rings is 1. The lowest BCUT2D eigenvalue weighted by molar-refractivity contribution is 0.974. The Balaban J connectivity index is 1.91. The molecule has 0 radical (unpaired) electrons. The molecule has 5 heteroatoms. The molecule has 6 aromatic rings.